The Morgan fingerprint density at radius 3 is 2.89 bits per heavy atom. The zero-order valence-corrected chi connectivity index (χ0v) is 13.0. The second-order valence-electron chi connectivity index (χ2n) is 5.04. The van der Waals surface area contributed by atoms with E-state index in [0.717, 1.165) is 32.6 Å². The molecule has 1 aromatic heterocycles. The van der Waals surface area contributed by atoms with Gasteiger partial charge in [-0.15, -0.1) is 11.3 Å². The van der Waals surface area contributed by atoms with E-state index >= 15 is 0 Å². The minimum absolute atomic E-state index is 0.317. The molecule has 1 aromatic rings. The van der Waals surface area contributed by atoms with Gasteiger partial charge in [-0.25, -0.2) is 8.42 Å². The molecule has 0 bridgehead atoms. The Morgan fingerprint density at radius 1 is 1.32 bits per heavy atom. The number of aryl methyl sites for hydroxylation is 1. The van der Waals surface area contributed by atoms with Crippen LogP contribution in [-0.2, 0) is 16.4 Å². The van der Waals surface area contributed by atoms with Crippen molar-refractivity contribution >= 4 is 21.2 Å². The first-order valence-corrected chi connectivity index (χ1v) is 9.38. The second-order valence-corrected chi connectivity index (χ2v) is 8.71. The molecular formula is C13H22N2O2S2. The lowest BCUT2D eigenvalue weighted by Crippen LogP contribution is -2.34. The van der Waals surface area contributed by atoms with Crippen molar-refractivity contribution in [3.8, 4) is 0 Å². The molecule has 1 saturated heterocycles. The molecule has 1 fully saturated rings. The number of hydrogen-bond acceptors (Lipinski definition) is 5. The van der Waals surface area contributed by atoms with Crippen LogP contribution < -0.4 is 5.32 Å². The molecule has 0 aliphatic carbocycles. The summed E-state index contributed by atoms with van der Waals surface area (Å²) in [5.74, 6) is 0.669. The summed E-state index contributed by atoms with van der Waals surface area (Å²) in [6.45, 7) is 6.45. The van der Waals surface area contributed by atoms with Crippen molar-refractivity contribution in [1.29, 1.82) is 0 Å². The zero-order valence-electron chi connectivity index (χ0n) is 11.4. The van der Waals surface area contributed by atoms with E-state index in [0.29, 0.717) is 18.1 Å². The van der Waals surface area contributed by atoms with Crippen molar-refractivity contribution in [3.63, 3.8) is 0 Å². The van der Waals surface area contributed by atoms with Crippen molar-refractivity contribution < 1.29 is 8.42 Å². The lowest BCUT2D eigenvalue weighted by atomic mass is 10.4. The van der Waals surface area contributed by atoms with Crippen LogP contribution in [0.25, 0.3) is 0 Å². The van der Waals surface area contributed by atoms with E-state index < -0.39 is 9.84 Å². The van der Waals surface area contributed by atoms with Crippen LogP contribution >= 0.6 is 11.3 Å². The predicted molar refractivity (Wildman–Crippen MR) is 80.5 cm³/mol. The van der Waals surface area contributed by atoms with Crippen LogP contribution in [0.5, 0.6) is 0 Å². The maximum atomic E-state index is 11.5. The highest BCUT2D eigenvalue weighted by Crippen LogP contribution is 2.14. The quantitative estimate of drug-likeness (QED) is 0.832. The van der Waals surface area contributed by atoms with Crippen LogP contribution in [0.4, 0.5) is 0 Å². The maximum absolute atomic E-state index is 11.5. The lowest BCUT2D eigenvalue weighted by Gasteiger charge is -2.19. The summed E-state index contributed by atoms with van der Waals surface area (Å²) in [6, 6.07) is 4.30. The molecule has 1 aliphatic rings. The van der Waals surface area contributed by atoms with Crippen LogP contribution in [0.2, 0.25) is 0 Å². The molecule has 19 heavy (non-hydrogen) atoms. The van der Waals surface area contributed by atoms with Gasteiger partial charge in [0.15, 0.2) is 9.84 Å². The first-order chi connectivity index (χ1) is 9.05. The molecule has 0 atom stereocenters. The van der Waals surface area contributed by atoms with E-state index in [1.807, 2.05) is 11.3 Å². The van der Waals surface area contributed by atoms with Gasteiger partial charge in [-0.05, 0) is 32.0 Å². The topological polar surface area (TPSA) is 49.4 Å². The third-order valence-corrected chi connectivity index (χ3v) is 6.06. The van der Waals surface area contributed by atoms with E-state index in [1.165, 1.54) is 9.75 Å². The van der Waals surface area contributed by atoms with E-state index in [-0.39, 0.29) is 0 Å². The molecule has 108 valence electrons. The summed E-state index contributed by atoms with van der Waals surface area (Å²) in [5.41, 5.74) is 0. The molecule has 6 heteroatoms. The lowest BCUT2D eigenvalue weighted by molar-refractivity contribution is 0.294. The highest BCUT2D eigenvalue weighted by Gasteiger charge is 2.18. The van der Waals surface area contributed by atoms with Crippen molar-refractivity contribution in [1.82, 2.24) is 10.2 Å². The number of hydrogen-bond donors (Lipinski definition) is 1. The van der Waals surface area contributed by atoms with E-state index in [1.54, 1.807) is 0 Å². The van der Waals surface area contributed by atoms with Crippen LogP contribution in [0.1, 0.15) is 16.2 Å². The smallest absolute Gasteiger partial charge is 0.151 e. The van der Waals surface area contributed by atoms with Crippen molar-refractivity contribution in [2.75, 3.05) is 37.7 Å². The number of thiophene rings is 1. The van der Waals surface area contributed by atoms with Gasteiger partial charge in [-0.2, -0.15) is 0 Å². The fourth-order valence-electron chi connectivity index (χ4n) is 2.24. The predicted octanol–water partition coefficient (Wildman–Crippen LogP) is 1.27. The van der Waals surface area contributed by atoms with Gasteiger partial charge in [-0.3, -0.25) is 0 Å². The second kappa shape index (κ2) is 6.83. The Labute approximate surface area is 119 Å². The van der Waals surface area contributed by atoms with Gasteiger partial charge in [0.05, 0.1) is 11.5 Å². The van der Waals surface area contributed by atoms with Crippen LogP contribution in [0.15, 0.2) is 12.1 Å². The van der Waals surface area contributed by atoms with Crippen molar-refractivity contribution in [3.05, 3.63) is 21.9 Å². The van der Waals surface area contributed by atoms with Crippen LogP contribution in [0, 0.1) is 6.92 Å². The summed E-state index contributed by atoms with van der Waals surface area (Å²) >= 11 is 1.82. The standard InChI is InChI=1S/C13H22N2O2S2/c1-12-3-4-13(18-12)11-14-5-7-15-6-2-9-19(16,17)10-8-15/h3-4,14H,2,5-11H2,1H3. The third kappa shape index (κ3) is 5.22. The Hall–Kier alpha value is -0.430. The van der Waals surface area contributed by atoms with Gasteiger partial charge in [0.25, 0.3) is 0 Å². The average molecular weight is 302 g/mol. The summed E-state index contributed by atoms with van der Waals surface area (Å²) in [5, 5.41) is 3.42. The Bertz CT molecular complexity index is 496. The Morgan fingerprint density at radius 2 is 2.16 bits per heavy atom. The molecule has 2 heterocycles. The summed E-state index contributed by atoms with van der Waals surface area (Å²) in [6.07, 6.45) is 0.770. The van der Waals surface area contributed by atoms with Crippen molar-refractivity contribution in [2.45, 2.75) is 19.9 Å². The zero-order chi connectivity index (χ0) is 13.7. The fraction of sp³-hybridized carbons (Fsp3) is 0.692. The first kappa shape index (κ1) is 15.0. The summed E-state index contributed by atoms with van der Waals surface area (Å²) in [4.78, 5) is 4.95. The van der Waals surface area contributed by atoms with Gasteiger partial charge >= 0.3 is 0 Å². The highest BCUT2D eigenvalue weighted by atomic mass is 32.2. The van der Waals surface area contributed by atoms with E-state index in [4.69, 9.17) is 0 Å². The average Bonchev–Trinajstić information content (AvgIpc) is 2.68. The molecule has 0 saturated carbocycles. The molecule has 0 aromatic carbocycles. The van der Waals surface area contributed by atoms with E-state index in [9.17, 15) is 8.42 Å². The third-order valence-electron chi connectivity index (χ3n) is 3.35. The van der Waals surface area contributed by atoms with Gasteiger partial charge < -0.3 is 10.2 Å². The minimum atomic E-state index is -2.78. The number of rotatable bonds is 5. The van der Waals surface area contributed by atoms with Gasteiger partial charge in [-0.1, -0.05) is 0 Å². The van der Waals surface area contributed by atoms with E-state index in [2.05, 4.69) is 29.3 Å². The molecule has 2 rings (SSSR count). The Kier molecular flexibility index (Phi) is 5.38. The summed E-state index contributed by atoms with van der Waals surface area (Å²) in [7, 11) is -2.78. The molecule has 0 spiro atoms. The molecule has 1 aliphatic heterocycles. The normalized spacial score (nSPS) is 20.3. The molecule has 0 amide bonds. The number of sulfone groups is 1. The minimum Gasteiger partial charge on any atom is -0.311 e. The van der Waals surface area contributed by atoms with Gasteiger partial charge in [0, 0.05) is 35.9 Å². The number of nitrogens with one attached hydrogen (secondary N) is 1. The fourth-order valence-corrected chi connectivity index (χ4v) is 4.41. The molecular weight excluding hydrogens is 280 g/mol. The van der Waals surface area contributed by atoms with Crippen molar-refractivity contribution in [2.24, 2.45) is 0 Å². The Balaban J connectivity index is 1.65. The molecule has 4 nitrogen and oxygen atoms in total. The largest absolute Gasteiger partial charge is 0.311 e. The molecule has 1 N–H and O–H groups in total. The molecule has 0 radical (unpaired) electrons. The SMILES string of the molecule is Cc1ccc(CNCCN2CCCS(=O)(=O)CC2)s1. The number of nitrogens with zero attached hydrogens (tertiary/aromatic N) is 1. The van der Waals surface area contributed by atoms with Gasteiger partial charge in [0.1, 0.15) is 0 Å². The van der Waals surface area contributed by atoms with Crippen LogP contribution in [-0.4, -0.2) is 51.0 Å². The first-order valence-electron chi connectivity index (χ1n) is 6.74. The van der Waals surface area contributed by atoms with Gasteiger partial charge in [0.2, 0.25) is 0 Å². The van der Waals surface area contributed by atoms with Crippen LogP contribution in [0.3, 0.4) is 0 Å². The monoisotopic (exact) mass is 302 g/mol. The maximum Gasteiger partial charge on any atom is 0.151 e. The summed E-state index contributed by atoms with van der Waals surface area (Å²) < 4.78 is 23.0. The highest BCUT2D eigenvalue weighted by molar-refractivity contribution is 7.91. The molecule has 0 unspecified atom stereocenters.